The maximum absolute atomic E-state index is 6.25. The molecule has 0 saturated heterocycles. The first-order valence-electron chi connectivity index (χ1n) is 9.72. The van der Waals surface area contributed by atoms with E-state index in [4.69, 9.17) is 19.9 Å². The third kappa shape index (κ3) is 4.74. The van der Waals surface area contributed by atoms with Gasteiger partial charge in [0, 0.05) is 23.9 Å². The van der Waals surface area contributed by atoms with Crippen LogP contribution in [0.5, 0.6) is 17.2 Å². The summed E-state index contributed by atoms with van der Waals surface area (Å²) in [6.45, 7) is 4.29. The maximum atomic E-state index is 6.25. The topological polar surface area (TPSA) is 91.5 Å². The van der Waals surface area contributed by atoms with Crippen molar-refractivity contribution >= 4 is 17.5 Å². The second-order valence-electron chi connectivity index (χ2n) is 7.20. The van der Waals surface area contributed by atoms with Crippen LogP contribution in [0.15, 0.2) is 42.6 Å². The van der Waals surface area contributed by atoms with Gasteiger partial charge in [0.25, 0.3) is 0 Å². The molecule has 0 aliphatic carbocycles. The summed E-state index contributed by atoms with van der Waals surface area (Å²) < 4.78 is 16.1. The number of benzene rings is 2. The van der Waals surface area contributed by atoms with Gasteiger partial charge in [-0.3, -0.25) is 0 Å². The van der Waals surface area contributed by atoms with Gasteiger partial charge >= 0.3 is 0 Å². The van der Waals surface area contributed by atoms with Gasteiger partial charge in [-0.15, -0.1) is 0 Å². The highest BCUT2D eigenvalue weighted by molar-refractivity contribution is 5.57. The number of hydrogen-bond acceptors (Lipinski definition) is 7. The first-order valence-corrected chi connectivity index (χ1v) is 9.72. The summed E-state index contributed by atoms with van der Waals surface area (Å²) in [7, 11) is 4.91. The van der Waals surface area contributed by atoms with Gasteiger partial charge in [0.2, 0.25) is 5.95 Å². The van der Waals surface area contributed by atoms with Crippen LogP contribution >= 0.6 is 0 Å². The van der Waals surface area contributed by atoms with E-state index in [9.17, 15) is 0 Å². The van der Waals surface area contributed by atoms with Crippen LogP contribution in [-0.4, -0.2) is 31.3 Å². The highest BCUT2D eigenvalue weighted by atomic mass is 16.5. The number of nitrogens with zero attached hydrogens (tertiary/aromatic N) is 2. The van der Waals surface area contributed by atoms with Crippen LogP contribution in [-0.2, 0) is 6.42 Å². The Kier molecular flexibility index (Phi) is 6.61. The summed E-state index contributed by atoms with van der Waals surface area (Å²) in [6, 6.07) is 11.5. The Morgan fingerprint density at radius 2 is 1.60 bits per heavy atom. The molecule has 0 radical (unpaired) electrons. The first-order chi connectivity index (χ1) is 14.4. The standard InChI is InChI=1S/C23H28N4O3/c1-14(2)19-12-21(30-5)20(29-4)11-15(19)10-16-13-25-23(27-22(16)24)26-17-6-8-18(28-3)9-7-17/h6-9,11-14H,10H2,1-5H3,(H3,24,25,26,27). The second-order valence-corrected chi connectivity index (χ2v) is 7.20. The molecule has 0 unspecified atom stereocenters. The number of nitrogens with two attached hydrogens (primary N) is 1. The molecule has 2 aromatic carbocycles. The monoisotopic (exact) mass is 408 g/mol. The van der Waals surface area contributed by atoms with Crippen LogP contribution in [0.1, 0.15) is 36.5 Å². The number of nitrogen functional groups attached to an aromatic ring is 1. The molecule has 30 heavy (non-hydrogen) atoms. The molecule has 7 heteroatoms. The van der Waals surface area contributed by atoms with E-state index in [1.54, 1.807) is 27.5 Å². The molecule has 0 atom stereocenters. The van der Waals surface area contributed by atoms with Gasteiger partial charge in [-0.05, 0) is 53.4 Å². The lowest BCUT2D eigenvalue weighted by Gasteiger charge is -2.18. The molecule has 7 nitrogen and oxygen atoms in total. The van der Waals surface area contributed by atoms with E-state index in [-0.39, 0.29) is 0 Å². The molecule has 0 fully saturated rings. The fourth-order valence-corrected chi connectivity index (χ4v) is 3.25. The van der Waals surface area contributed by atoms with Gasteiger partial charge in [0.1, 0.15) is 11.6 Å². The molecule has 1 aromatic heterocycles. The van der Waals surface area contributed by atoms with E-state index >= 15 is 0 Å². The zero-order valence-electron chi connectivity index (χ0n) is 18.0. The number of hydrogen-bond donors (Lipinski definition) is 2. The molecule has 3 rings (SSSR count). The smallest absolute Gasteiger partial charge is 0.229 e. The first kappa shape index (κ1) is 21.2. The third-order valence-corrected chi connectivity index (χ3v) is 4.89. The van der Waals surface area contributed by atoms with Crippen LogP contribution in [0.25, 0.3) is 0 Å². The lowest BCUT2D eigenvalue weighted by atomic mass is 9.92. The Balaban J connectivity index is 1.85. The minimum absolute atomic E-state index is 0.318. The molecule has 1 heterocycles. The Labute approximate surface area is 177 Å². The van der Waals surface area contributed by atoms with E-state index in [0.717, 1.165) is 22.6 Å². The van der Waals surface area contributed by atoms with Crippen LogP contribution in [0.4, 0.5) is 17.5 Å². The molecule has 0 spiro atoms. The van der Waals surface area contributed by atoms with Crippen LogP contribution in [0, 0.1) is 0 Å². The lowest BCUT2D eigenvalue weighted by Crippen LogP contribution is -2.06. The summed E-state index contributed by atoms with van der Waals surface area (Å²) >= 11 is 0. The van der Waals surface area contributed by atoms with Crippen molar-refractivity contribution in [3.05, 3.63) is 59.3 Å². The fourth-order valence-electron chi connectivity index (χ4n) is 3.25. The van der Waals surface area contributed by atoms with E-state index in [2.05, 4.69) is 29.1 Å². The number of ether oxygens (including phenoxy) is 3. The Bertz CT molecular complexity index is 1000. The number of nitrogens with one attached hydrogen (secondary N) is 1. The van der Waals surface area contributed by atoms with E-state index in [1.807, 2.05) is 36.4 Å². The second kappa shape index (κ2) is 9.35. The van der Waals surface area contributed by atoms with E-state index in [0.29, 0.717) is 35.6 Å². The van der Waals surface area contributed by atoms with Crippen molar-refractivity contribution < 1.29 is 14.2 Å². The van der Waals surface area contributed by atoms with Gasteiger partial charge in [-0.25, -0.2) is 4.98 Å². The summed E-state index contributed by atoms with van der Waals surface area (Å²) in [6.07, 6.45) is 2.36. The minimum atomic E-state index is 0.318. The Morgan fingerprint density at radius 1 is 0.933 bits per heavy atom. The fraction of sp³-hybridized carbons (Fsp3) is 0.304. The highest BCUT2D eigenvalue weighted by Gasteiger charge is 2.16. The summed E-state index contributed by atoms with van der Waals surface area (Å²) in [5.41, 5.74) is 10.2. The highest BCUT2D eigenvalue weighted by Crippen LogP contribution is 2.35. The van der Waals surface area contributed by atoms with E-state index < -0.39 is 0 Å². The molecule has 3 aromatic rings. The molecule has 0 aliphatic rings. The molecule has 0 saturated carbocycles. The number of methoxy groups -OCH3 is 3. The molecular weight excluding hydrogens is 380 g/mol. The van der Waals surface area contributed by atoms with Crippen molar-refractivity contribution in [3.8, 4) is 17.2 Å². The molecule has 0 amide bonds. The number of aromatic nitrogens is 2. The average Bonchev–Trinajstić information content (AvgIpc) is 2.75. The van der Waals surface area contributed by atoms with Gasteiger partial charge in [0.15, 0.2) is 11.5 Å². The van der Waals surface area contributed by atoms with Gasteiger partial charge < -0.3 is 25.3 Å². The molecule has 158 valence electrons. The predicted octanol–water partition coefficient (Wildman–Crippen LogP) is 4.54. The van der Waals surface area contributed by atoms with Crippen molar-refractivity contribution in [1.29, 1.82) is 0 Å². The average molecular weight is 409 g/mol. The van der Waals surface area contributed by atoms with Crippen molar-refractivity contribution in [2.45, 2.75) is 26.2 Å². The lowest BCUT2D eigenvalue weighted by molar-refractivity contribution is 0.354. The maximum Gasteiger partial charge on any atom is 0.229 e. The normalized spacial score (nSPS) is 10.7. The zero-order valence-corrected chi connectivity index (χ0v) is 18.0. The van der Waals surface area contributed by atoms with Crippen LogP contribution in [0.2, 0.25) is 0 Å². The third-order valence-electron chi connectivity index (χ3n) is 4.89. The summed E-state index contributed by atoms with van der Waals surface area (Å²) in [4.78, 5) is 8.86. The SMILES string of the molecule is COc1ccc(Nc2ncc(Cc3cc(OC)c(OC)cc3C(C)C)c(N)n2)cc1. The molecule has 3 N–H and O–H groups in total. The number of anilines is 3. The van der Waals surface area contributed by atoms with Crippen LogP contribution in [0.3, 0.4) is 0 Å². The van der Waals surface area contributed by atoms with Crippen molar-refractivity contribution in [3.63, 3.8) is 0 Å². The summed E-state index contributed by atoms with van der Waals surface area (Å²) in [5, 5.41) is 3.16. The van der Waals surface area contributed by atoms with Crippen LogP contribution < -0.4 is 25.3 Å². The minimum Gasteiger partial charge on any atom is -0.497 e. The van der Waals surface area contributed by atoms with Crippen molar-refractivity contribution in [2.75, 3.05) is 32.4 Å². The van der Waals surface area contributed by atoms with Gasteiger partial charge in [-0.1, -0.05) is 13.8 Å². The largest absolute Gasteiger partial charge is 0.497 e. The Morgan fingerprint density at radius 3 is 2.17 bits per heavy atom. The zero-order chi connectivity index (χ0) is 21.7. The van der Waals surface area contributed by atoms with E-state index in [1.165, 1.54) is 5.56 Å². The van der Waals surface area contributed by atoms with Gasteiger partial charge in [0.05, 0.1) is 21.3 Å². The Hall–Kier alpha value is -3.48. The predicted molar refractivity (Wildman–Crippen MR) is 119 cm³/mol. The quantitative estimate of drug-likeness (QED) is 0.565. The van der Waals surface area contributed by atoms with Gasteiger partial charge in [-0.2, -0.15) is 4.98 Å². The number of rotatable bonds is 8. The molecule has 0 bridgehead atoms. The van der Waals surface area contributed by atoms with Crippen molar-refractivity contribution in [1.82, 2.24) is 9.97 Å². The molecular formula is C23H28N4O3. The summed E-state index contributed by atoms with van der Waals surface area (Å²) in [5.74, 6) is 3.39. The molecule has 0 aliphatic heterocycles. The van der Waals surface area contributed by atoms with Crippen molar-refractivity contribution in [2.24, 2.45) is 0 Å².